The Hall–Kier alpha value is -2.11. The van der Waals surface area contributed by atoms with Crippen LogP contribution in [0.4, 0.5) is 0 Å². The number of fused-ring (bicyclic) bond motifs is 3. The minimum Gasteiger partial charge on any atom is -0.458 e. The molecule has 182 valence electrons. The van der Waals surface area contributed by atoms with Gasteiger partial charge in [-0.15, -0.1) is 0 Å². The molecule has 2 aliphatic carbocycles. The molecule has 0 aromatic carbocycles. The summed E-state index contributed by atoms with van der Waals surface area (Å²) in [5.41, 5.74) is 1.29. The molecule has 4 rings (SSSR count). The molecule has 2 aliphatic heterocycles. The fraction of sp³-hybridized carbons (Fsp3) is 0.741. The standard InChI is InChI=1S/C27H38O6/c1-17(28)32-20(19-15-23(29)31-16-19)9-7-18-8-10-22-26(4)13-6-12-25(2,3)21(26)11-14-27(22,5)33-24(18)30/h7,15,20-22H,6,8-14,16H2,1-5H3/b18-7-/t20-,21-,22+,26-,27+/m0/s1. The topological polar surface area (TPSA) is 78.9 Å². The van der Waals surface area contributed by atoms with E-state index in [9.17, 15) is 14.4 Å². The van der Waals surface area contributed by atoms with Crippen LogP contribution in [0.1, 0.15) is 86.0 Å². The van der Waals surface area contributed by atoms with Crippen LogP contribution in [-0.2, 0) is 28.6 Å². The van der Waals surface area contributed by atoms with E-state index < -0.39 is 23.6 Å². The van der Waals surface area contributed by atoms with Crippen molar-refractivity contribution in [3.63, 3.8) is 0 Å². The molecule has 2 saturated carbocycles. The van der Waals surface area contributed by atoms with Gasteiger partial charge in [0.05, 0.1) is 0 Å². The van der Waals surface area contributed by atoms with Gasteiger partial charge in [-0.3, -0.25) is 4.79 Å². The summed E-state index contributed by atoms with van der Waals surface area (Å²) in [6.07, 6.45) is 10.2. The van der Waals surface area contributed by atoms with Crippen molar-refractivity contribution < 1.29 is 28.6 Å². The van der Waals surface area contributed by atoms with Crippen molar-refractivity contribution >= 4 is 17.9 Å². The molecule has 0 radical (unpaired) electrons. The van der Waals surface area contributed by atoms with Crippen LogP contribution in [0, 0.1) is 22.7 Å². The Bertz CT molecular complexity index is 898. The van der Waals surface area contributed by atoms with Crippen molar-refractivity contribution in [2.75, 3.05) is 6.61 Å². The Labute approximate surface area is 197 Å². The summed E-state index contributed by atoms with van der Waals surface area (Å²) in [6.45, 7) is 10.8. The SMILES string of the molecule is CC(=O)O[C@@H](C/C=C1/CC[C@@H]2[C@@]3(C)CCCC(C)(C)[C@@H]3CC[C@@]2(C)OC1=O)C1=CC(=O)OC1. The number of esters is 3. The van der Waals surface area contributed by atoms with E-state index in [4.69, 9.17) is 14.2 Å². The first-order valence-corrected chi connectivity index (χ1v) is 12.4. The van der Waals surface area contributed by atoms with Gasteiger partial charge in [0.15, 0.2) is 0 Å². The third-order valence-corrected chi connectivity index (χ3v) is 9.01. The molecule has 2 heterocycles. The molecule has 5 atom stereocenters. The fourth-order valence-corrected chi connectivity index (χ4v) is 7.53. The zero-order chi connectivity index (χ0) is 24.0. The zero-order valence-corrected chi connectivity index (χ0v) is 20.7. The Balaban J connectivity index is 1.56. The van der Waals surface area contributed by atoms with E-state index in [1.807, 2.05) is 6.08 Å². The first kappa shape index (κ1) is 24.0. The van der Waals surface area contributed by atoms with Crippen LogP contribution in [0.5, 0.6) is 0 Å². The lowest BCUT2D eigenvalue weighted by molar-refractivity contribution is -0.193. The first-order chi connectivity index (χ1) is 15.4. The van der Waals surface area contributed by atoms with Crippen LogP contribution in [0.25, 0.3) is 0 Å². The van der Waals surface area contributed by atoms with E-state index in [1.54, 1.807) is 0 Å². The second-order valence-corrected chi connectivity index (χ2v) is 11.6. The van der Waals surface area contributed by atoms with Gasteiger partial charge in [-0.25, -0.2) is 9.59 Å². The molecule has 0 aromatic rings. The van der Waals surface area contributed by atoms with E-state index in [-0.39, 0.29) is 18.0 Å². The smallest absolute Gasteiger partial charge is 0.334 e. The minimum atomic E-state index is -0.614. The molecule has 0 amide bonds. The Morgan fingerprint density at radius 1 is 1.15 bits per heavy atom. The van der Waals surface area contributed by atoms with Crippen LogP contribution in [-0.4, -0.2) is 36.2 Å². The van der Waals surface area contributed by atoms with Gasteiger partial charge < -0.3 is 14.2 Å². The molecule has 1 saturated heterocycles. The van der Waals surface area contributed by atoms with Crippen LogP contribution >= 0.6 is 0 Å². The number of hydrogen-bond donors (Lipinski definition) is 0. The molecule has 0 N–H and O–H groups in total. The van der Waals surface area contributed by atoms with Crippen molar-refractivity contribution in [3.05, 3.63) is 23.3 Å². The minimum absolute atomic E-state index is 0.111. The Morgan fingerprint density at radius 2 is 1.91 bits per heavy atom. The lowest BCUT2D eigenvalue weighted by atomic mass is 9.45. The highest BCUT2D eigenvalue weighted by atomic mass is 16.6. The third kappa shape index (κ3) is 4.50. The summed E-state index contributed by atoms with van der Waals surface area (Å²) in [5, 5.41) is 0. The lowest BCUT2D eigenvalue weighted by Gasteiger charge is -2.61. The molecule has 0 unspecified atom stereocenters. The van der Waals surface area contributed by atoms with E-state index in [1.165, 1.54) is 32.3 Å². The zero-order valence-electron chi connectivity index (χ0n) is 20.7. The summed E-state index contributed by atoms with van der Waals surface area (Å²) >= 11 is 0. The van der Waals surface area contributed by atoms with Gasteiger partial charge >= 0.3 is 17.9 Å². The molecule has 0 bridgehead atoms. The van der Waals surface area contributed by atoms with Crippen molar-refractivity contribution in [3.8, 4) is 0 Å². The molecule has 0 aromatic heterocycles. The van der Waals surface area contributed by atoms with Gasteiger partial charge in [0.1, 0.15) is 18.3 Å². The lowest BCUT2D eigenvalue weighted by Crippen LogP contribution is -2.58. The van der Waals surface area contributed by atoms with Gasteiger partial charge in [0.2, 0.25) is 0 Å². The average Bonchev–Trinajstić information content (AvgIpc) is 3.07. The first-order valence-electron chi connectivity index (χ1n) is 12.4. The third-order valence-electron chi connectivity index (χ3n) is 9.01. The number of carbonyl (C=O) groups excluding carboxylic acids is 3. The molecule has 4 aliphatic rings. The molecule has 6 heteroatoms. The number of cyclic esters (lactones) is 1. The van der Waals surface area contributed by atoms with E-state index in [0.29, 0.717) is 41.2 Å². The molecule has 0 spiro atoms. The van der Waals surface area contributed by atoms with E-state index >= 15 is 0 Å². The summed E-state index contributed by atoms with van der Waals surface area (Å²) < 4.78 is 16.7. The maximum Gasteiger partial charge on any atom is 0.334 e. The average molecular weight is 459 g/mol. The van der Waals surface area contributed by atoms with Crippen LogP contribution in [0.3, 0.4) is 0 Å². The van der Waals surface area contributed by atoms with Crippen molar-refractivity contribution in [1.82, 2.24) is 0 Å². The maximum absolute atomic E-state index is 13.2. The number of hydrogen-bond acceptors (Lipinski definition) is 6. The van der Waals surface area contributed by atoms with Gasteiger partial charge in [-0.05, 0) is 62.2 Å². The highest BCUT2D eigenvalue weighted by molar-refractivity contribution is 5.89. The van der Waals surface area contributed by atoms with Crippen LogP contribution in [0.15, 0.2) is 23.3 Å². The van der Waals surface area contributed by atoms with Crippen molar-refractivity contribution in [1.29, 1.82) is 0 Å². The highest BCUT2D eigenvalue weighted by Gasteiger charge is 2.60. The highest BCUT2D eigenvalue weighted by Crippen LogP contribution is 2.64. The van der Waals surface area contributed by atoms with Crippen LogP contribution in [0.2, 0.25) is 0 Å². The van der Waals surface area contributed by atoms with E-state index in [0.717, 1.165) is 19.3 Å². The summed E-state index contributed by atoms with van der Waals surface area (Å²) in [4.78, 5) is 36.3. The molecule has 3 fully saturated rings. The van der Waals surface area contributed by atoms with Gasteiger partial charge in [-0.1, -0.05) is 33.3 Å². The van der Waals surface area contributed by atoms with Gasteiger partial charge in [0.25, 0.3) is 0 Å². The fourth-order valence-electron chi connectivity index (χ4n) is 7.53. The Morgan fingerprint density at radius 3 is 2.58 bits per heavy atom. The van der Waals surface area contributed by atoms with Crippen molar-refractivity contribution in [2.45, 2.75) is 97.7 Å². The molecular weight excluding hydrogens is 420 g/mol. The predicted molar refractivity (Wildman–Crippen MR) is 123 cm³/mol. The predicted octanol–water partition coefficient (Wildman–Crippen LogP) is 5.06. The van der Waals surface area contributed by atoms with Gasteiger partial charge in [-0.2, -0.15) is 0 Å². The second-order valence-electron chi connectivity index (χ2n) is 11.6. The summed E-state index contributed by atoms with van der Waals surface area (Å²) in [5.74, 6) is -0.156. The number of rotatable bonds is 4. The largest absolute Gasteiger partial charge is 0.458 e. The molecule has 6 nitrogen and oxygen atoms in total. The second kappa shape index (κ2) is 8.59. The number of ether oxygens (including phenoxy) is 3. The summed E-state index contributed by atoms with van der Waals surface area (Å²) in [7, 11) is 0. The Kier molecular flexibility index (Phi) is 6.25. The molecular formula is C27H38O6. The number of carbonyl (C=O) groups is 3. The van der Waals surface area contributed by atoms with E-state index in [2.05, 4.69) is 27.7 Å². The monoisotopic (exact) mass is 458 g/mol. The maximum atomic E-state index is 13.2. The summed E-state index contributed by atoms with van der Waals surface area (Å²) in [6, 6.07) is 0. The van der Waals surface area contributed by atoms with Crippen molar-refractivity contribution in [2.24, 2.45) is 22.7 Å². The quantitative estimate of drug-likeness (QED) is 0.333. The van der Waals surface area contributed by atoms with Crippen LogP contribution < -0.4 is 0 Å². The normalized spacial score (nSPS) is 37.7. The molecule has 33 heavy (non-hydrogen) atoms. The van der Waals surface area contributed by atoms with Gasteiger partial charge in [0, 0.05) is 36.5 Å².